The summed E-state index contributed by atoms with van der Waals surface area (Å²) < 4.78 is 5.43. The largest absolute Gasteiger partial charge is 0.494 e. The molecule has 0 atom stereocenters. The van der Waals surface area contributed by atoms with Crippen molar-refractivity contribution in [3.05, 3.63) is 46.2 Å². The first-order valence-electron chi connectivity index (χ1n) is 5.67. The quantitative estimate of drug-likeness (QED) is 0.831. The Morgan fingerprint density at radius 3 is 2.94 bits per heavy atom. The van der Waals surface area contributed by atoms with Crippen molar-refractivity contribution in [2.24, 2.45) is 0 Å². The normalized spacial score (nSPS) is 10.3. The van der Waals surface area contributed by atoms with Gasteiger partial charge in [0.1, 0.15) is 5.75 Å². The molecule has 94 valence electrons. The maximum absolute atomic E-state index is 11.4. The number of H-pyrrole nitrogens is 1. The lowest BCUT2D eigenvalue weighted by Gasteiger charge is -2.06. The van der Waals surface area contributed by atoms with Crippen molar-refractivity contribution >= 4 is 12.6 Å². The van der Waals surface area contributed by atoms with Gasteiger partial charge >= 0.3 is 0 Å². The van der Waals surface area contributed by atoms with Crippen molar-refractivity contribution in [2.75, 3.05) is 6.61 Å². The number of nitrogens with one attached hydrogen (secondary N) is 1. The number of hydrogen-bond donors (Lipinski definition) is 2. The molecule has 1 N–H and O–H groups in total. The van der Waals surface area contributed by atoms with Crippen LogP contribution in [-0.2, 0) is 5.75 Å². The maximum atomic E-state index is 11.4. The van der Waals surface area contributed by atoms with Gasteiger partial charge in [0.25, 0.3) is 5.56 Å². The van der Waals surface area contributed by atoms with Crippen molar-refractivity contribution in [3.63, 3.8) is 0 Å². The first-order valence-corrected chi connectivity index (χ1v) is 6.30. The second-order valence-electron chi connectivity index (χ2n) is 3.73. The minimum atomic E-state index is -0.199. The number of aromatic nitrogens is 2. The van der Waals surface area contributed by atoms with Gasteiger partial charge in [0.05, 0.1) is 12.3 Å². The summed E-state index contributed by atoms with van der Waals surface area (Å²) in [6.45, 7) is 2.55. The van der Waals surface area contributed by atoms with E-state index in [-0.39, 0.29) is 5.56 Å². The van der Waals surface area contributed by atoms with Crippen LogP contribution < -0.4 is 10.3 Å². The Balaban J connectivity index is 2.41. The standard InChI is InChI=1S/C13H14N2O2S/c1-2-17-11-5-3-4-9(6-11)12-7-10(8-18)13(16)15-14-12/h3-7,18H,2,8H2,1H3,(H,15,16). The first kappa shape index (κ1) is 12.7. The van der Waals surface area contributed by atoms with Gasteiger partial charge in [0.2, 0.25) is 0 Å². The van der Waals surface area contributed by atoms with E-state index in [1.165, 1.54) is 0 Å². The Morgan fingerprint density at radius 2 is 2.22 bits per heavy atom. The summed E-state index contributed by atoms with van der Waals surface area (Å²) in [5.74, 6) is 1.17. The molecule has 0 fully saturated rings. The molecule has 0 radical (unpaired) electrons. The highest BCUT2D eigenvalue weighted by atomic mass is 32.1. The molecule has 0 bridgehead atoms. The Bertz CT molecular complexity index is 596. The van der Waals surface area contributed by atoms with E-state index in [1.807, 2.05) is 31.2 Å². The molecule has 18 heavy (non-hydrogen) atoms. The molecule has 0 aliphatic heterocycles. The predicted octanol–water partition coefficient (Wildman–Crippen LogP) is 2.27. The Hall–Kier alpha value is -1.75. The molecule has 0 saturated carbocycles. The van der Waals surface area contributed by atoms with Crippen LogP contribution in [0.15, 0.2) is 35.1 Å². The van der Waals surface area contributed by atoms with Crippen LogP contribution in [0.3, 0.4) is 0 Å². The molecule has 1 aromatic carbocycles. The lowest BCUT2D eigenvalue weighted by Crippen LogP contribution is -2.13. The van der Waals surface area contributed by atoms with Crippen LogP contribution in [-0.4, -0.2) is 16.8 Å². The fourth-order valence-corrected chi connectivity index (χ4v) is 1.86. The summed E-state index contributed by atoms with van der Waals surface area (Å²) in [4.78, 5) is 11.4. The molecule has 0 saturated heterocycles. The second kappa shape index (κ2) is 5.73. The molecule has 0 spiro atoms. The smallest absolute Gasteiger partial charge is 0.268 e. The van der Waals surface area contributed by atoms with Crippen LogP contribution in [0.4, 0.5) is 0 Å². The third-order valence-electron chi connectivity index (χ3n) is 2.49. The van der Waals surface area contributed by atoms with Crippen LogP contribution in [0.25, 0.3) is 11.3 Å². The summed E-state index contributed by atoms with van der Waals surface area (Å²) in [6, 6.07) is 9.35. The van der Waals surface area contributed by atoms with Gasteiger partial charge in [-0.05, 0) is 25.1 Å². The fourth-order valence-electron chi connectivity index (χ4n) is 1.62. The molecule has 1 heterocycles. The minimum absolute atomic E-state index is 0.199. The number of aromatic amines is 1. The third kappa shape index (κ3) is 2.73. The maximum Gasteiger partial charge on any atom is 0.268 e. The minimum Gasteiger partial charge on any atom is -0.494 e. The lowest BCUT2D eigenvalue weighted by molar-refractivity contribution is 0.340. The van der Waals surface area contributed by atoms with E-state index in [0.717, 1.165) is 11.3 Å². The fraction of sp³-hybridized carbons (Fsp3) is 0.231. The van der Waals surface area contributed by atoms with Crippen molar-refractivity contribution in [1.82, 2.24) is 10.2 Å². The number of nitrogens with zero attached hydrogens (tertiary/aromatic N) is 1. The molecule has 5 heteroatoms. The van der Waals surface area contributed by atoms with E-state index >= 15 is 0 Å². The van der Waals surface area contributed by atoms with E-state index in [4.69, 9.17) is 4.74 Å². The van der Waals surface area contributed by atoms with Gasteiger partial charge in [-0.25, -0.2) is 5.10 Å². The van der Waals surface area contributed by atoms with Crippen LogP contribution in [0, 0.1) is 0 Å². The number of rotatable bonds is 4. The van der Waals surface area contributed by atoms with Crippen molar-refractivity contribution in [3.8, 4) is 17.0 Å². The molecule has 0 amide bonds. The van der Waals surface area contributed by atoms with E-state index < -0.39 is 0 Å². The van der Waals surface area contributed by atoms with E-state index in [2.05, 4.69) is 22.8 Å². The van der Waals surface area contributed by atoms with Crippen LogP contribution >= 0.6 is 12.6 Å². The Kier molecular flexibility index (Phi) is 4.04. The number of benzene rings is 1. The van der Waals surface area contributed by atoms with Gasteiger partial charge in [-0.1, -0.05) is 12.1 Å². The predicted molar refractivity (Wildman–Crippen MR) is 74.2 cm³/mol. The number of ether oxygens (including phenoxy) is 1. The van der Waals surface area contributed by atoms with Gasteiger partial charge < -0.3 is 4.74 Å². The Morgan fingerprint density at radius 1 is 1.39 bits per heavy atom. The topological polar surface area (TPSA) is 55.0 Å². The molecule has 0 aliphatic carbocycles. The number of thiol groups is 1. The van der Waals surface area contributed by atoms with Gasteiger partial charge in [0.15, 0.2) is 0 Å². The number of hydrogen-bond acceptors (Lipinski definition) is 4. The van der Waals surface area contributed by atoms with E-state index in [1.54, 1.807) is 6.07 Å². The van der Waals surface area contributed by atoms with E-state index in [9.17, 15) is 4.79 Å². The molecule has 2 aromatic rings. The average Bonchev–Trinajstić information content (AvgIpc) is 2.40. The highest BCUT2D eigenvalue weighted by Crippen LogP contribution is 2.22. The van der Waals surface area contributed by atoms with Gasteiger partial charge in [-0.3, -0.25) is 4.79 Å². The monoisotopic (exact) mass is 262 g/mol. The van der Waals surface area contributed by atoms with Gasteiger partial charge in [-0.15, -0.1) is 0 Å². The highest BCUT2D eigenvalue weighted by Gasteiger charge is 2.05. The van der Waals surface area contributed by atoms with Gasteiger partial charge in [-0.2, -0.15) is 17.7 Å². The summed E-state index contributed by atoms with van der Waals surface area (Å²) in [5, 5.41) is 6.51. The van der Waals surface area contributed by atoms with Gasteiger partial charge in [0, 0.05) is 16.9 Å². The van der Waals surface area contributed by atoms with Crippen LogP contribution in [0.5, 0.6) is 5.75 Å². The average molecular weight is 262 g/mol. The molecule has 0 unspecified atom stereocenters. The van der Waals surface area contributed by atoms with E-state index in [0.29, 0.717) is 23.6 Å². The summed E-state index contributed by atoms with van der Waals surface area (Å²) in [5.41, 5.74) is 2.01. The van der Waals surface area contributed by atoms with Crippen LogP contribution in [0.1, 0.15) is 12.5 Å². The first-order chi connectivity index (χ1) is 8.74. The summed E-state index contributed by atoms with van der Waals surface area (Å²) in [7, 11) is 0. The second-order valence-corrected chi connectivity index (χ2v) is 4.04. The molecule has 1 aromatic heterocycles. The molecule has 4 nitrogen and oxygen atoms in total. The third-order valence-corrected chi connectivity index (χ3v) is 2.83. The molecule has 2 rings (SSSR count). The molecular weight excluding hydrogens is 248 g/mol. The van der Waals surface area contributed by atoms with Crippen LogP contribution in [0.2, 0.25) is 0 Å². The Labute approximate surface area is 110 Å². The SMILES string of the molecule is CCOc1cccc(-c2cc(CS)c(=O)[nH]n2)c1. The lowest BCUT2D eigenvalue weighted by atomic mass is 10.1. The van der Waals surface area contributed by atoms with Crippen molar-refractivity contribution in [2.45, 2.75) is 12.7 Å². The zero-order chi connectivity index (χ0) is 13.0. The molecule has 0 aliphatic rings. The zero-order valence-electron chi connectivity index (χ0n) is 10.0. The zero-order valence-corrected chi connectivity index (χ0v) is 10.9. The highest BCUT2D eigenvalue weighted by molar-refractivity contribution is 7.79. The summed E-state index contributed by atoms with van der Waals surface area (Å²) >= 11 is 4.12. The summed E-state index contributed by atoms with van der Waals surface area (Å²) in [6.07, 6.45) is 0. The van der Waals surface area contributed by atoms with Crippen molar-refractivity contribution in [1.29, 1.82) is 0 Å². The van der Waals surface area contributed by atoms with Crippen molar-refractivity contribution < 1.29 is 4.74 Å². The molecular formula is C13H14N2O2S.